The van der Waals surface area contributed by atoms with Crippen LogP contribution in [-0.2, 0) is 9.53 Å². The van der Waals surface area contributed by atoms with Gasteiger partial charge in [0.2, 0.25) is 0 Å². The van der Waals surface area contributed by atoms with Gasteiger partial charge in [-0.1, -0.05) is 0 Å². The van der Waals surface area contributed by atoms with Crippen LogP contribution in [0.2, 0.25) is 0 Å². The van der Waals surface area contributed by atoms with Gasteiger partial charge in [-0.2, -0.15) is 0 Å². The number of rotatable bonds is 7. The van der Waals surface area contributed by atoms with E-state index in [0.29, 0.717) is 18.9 Å². The SMILES string of the molecule is CCOC(=O)[C@H]1CC[C@H](C(CC(O)CO)c2ncc(Br)s2)CC1. The molecular formula is C16H24BrNO4S. The maximum Gasteiger partial charge on any atom is 0.308 e. The van der Waals surface area contributed by atoms with Gasteiger partial charge in [-0.3, -0.25) is 4.79 Å². The first-order chi connectivity index (χ1) is 11.0. The lowest BCUT2D eigenvalue weighted by atomic mass is 9.74. The summed E-state index contributed by atoms with van der Waals surface area (Å²) in [6, 6.07) is 0. The zero-order chi connectivity index (χ0) is 16.8. The van der Waals surface area contributed by atoms with Gasteiger partial charge in [-0.25, -0.2) is 4.98 Å². The molecule has 2 rings (SSSR count). The molecule has 0 aliphatic heterocycles. The quantitative estimate of drug-likeness (QED) is 0.681. The number of thiazole rings is 1. The molecule has 1 fully saturated rings. The van der Waals surface area contributed by atoms with Crippen LogP contribution in [0.3, 0.4) is 0 Å². The number of halogens is 1. The smallest absolute Gasteiger partial charge is 0.308 e. The number of aliphatic hydroxyl groups excluding tert-OH is 2. The number of hydrogen-bond acceptors (Lipinski definition) is 6. The van der Waals surface area contributed by atoms with Crippen molar-refractivity contribution in [2.75, 3.05) is 13.2 Å². The molecule has 0 saturated heterocycles. The molecule has 23 heavy (non-hydrogen) atoms. The van der Waals surface area contributed by atoms with Crippen molar-refractivity contribution in [1.29, 1.82) is 0 Å². The minimum absolute atomic E-state index is 0.00218. The fraction of sp³-hybridized carbons (Fsp3) is 0.750. The number of carbonyl (C=O) groups excluding carboxylic acids is 1. The summed E-state index contributed by atoms with van der Waals surface area (Å²) in [6.45, 7) is 2.02. The van der Waals surface area contributed by atoms with Gasteiger partial charge in [0.15, 0.2) is 0 Å². The van der Waals surface area contributed by atoms with Crippen LogP contribution in [0.4, 0.5) is 0 Å². The highest BCUT2D eigenvalue weighted by Gasteiger charge is 2.34. The zero-order valence-corrected chi connectivity index (χ0v) is 15.7. The lowest BCUT2D eigenvalue weighted by Crippen LogP contribution is -2.28. The van der Waals surface area contributed by atoms with Gasteiger partial charge < -0.3 is 14.9 Å². The zero-order valence-electron chi connectivity index (χ0n) is 13.3. The van der Waals surface area contributed by atoms with Gasteiger partial charge >= 0.3 is 5.97 Å². The fourth-order valence-corrected chi connectivity index (χ4v) is 4.77. The van der Waals surface area contributed by atoms with E-state index in [4.69, 9.17) is 4.74 Å². The molecule has 1 aromatic heterocycles. The van der Waals surface area contributed by atoms with Gasteiger partial charge in [0.05, 0.1) is 40.2 Å². The van der Waals surface area contributed by atoms with Crippen molar-refractivity contribution in [3.8, 4) is 0 Å². The molecule has 0 aromatic carbocycles. The molecule has 1 aliphatic rings. The molecule has 130 valence electrons. The highest BCUT2D eigenvalue weighted by molar-refractivity contribution is 9.11. The predicted octanol–water partition coefficient (Wildman–Crippen LogP) is 3.10. The second kappa shape index (κ2) is 9.11. The van der Waals surface area contributed by atoms with E-state index in [0.717, 1.165) is 34.5 Å². The van der Waals surface area contributed by atoms with Crippen molar-refractivity contribution < 1.29 is 19.7 Å². The minimum Gasteiger partial charge on any atom is -0.466 e. The Hall–Kier alpha value is -0.500. The van der Waals surface area contributed by atoms with E-state index in [-0.39, 0.29) is 24.4 Å². The van der Waals surface area contributed by atoms with Gasteiger partial charge in [0, 0.05) is 5.92 Å². The maximum atomic E-state index is 11.9. The molecule has 2 N–H and O–H groups in total. The van der Waals surface area contributed by atoms with Crippen LogP contribution < -0.4 is 0 Å². The molecule has 1 heterocycles. The second-order valence-corrected chi connectivity index (χ2v) is 8.49. The summed E-state index contributed by atoms with van der Waals surface area (Å²) in [5, 5.41) is 20.0. The van der Waals surface area contributed by atoms with Crippen molar-refractivity contribution in [2.45, 2.75) is 51.0 Å². The lowest BCUT2D eigenvalue weighted by molar-refractivity contribution is -0.149. The van der Waals surface area contributed by atoms with E-state index < -0.39 is 6.10 Å². The summed E-state index contributed by atoms with van der Waals surface area (Å²) in [7, 11) is 0. The number of aliphatic hydroxyl groups is 2. The molecule has 7 heteroatoms. The third kappa shape index (κ3) is 5.24. The van der Waals surface area contributed by atoms with Crippen molar-refractivity contribution >= 4 is 33.2 Å². The van der Waals surface area contributed by atoms with Crippen LogP contribution in [0.1, 0.15) is 50.0 Å². The van der Waals surface area contributed by atoms with E-state index in [9.17, 15) is 15.0 Å². The molecule has 2 atom stereocenters. The summed E-state index contributed by atoms with van der Waals surface area (Å²) in [5.41, 5.74) is 0. The number of nitrogens with zero attached hydrogens (tertiary/aromatic N) is 1. The van der Waals surface area contributed by atoms with E-state index in [2.05, 4.69) is 20.9 Å². The van der Waals surface area contributed by atoms with Crippen LogP contribution in [0.25, 0.3) is 0 Å². The Morgan fingerprint density at radius 1 is 1.48 bits per heavy atom. The molecule has 0 amide bonds. The van der Waals surface area contributed by atoms with Crippen molar-refractivity contribution in [3.05, 3.63) is 15.0 Å². The fourth-order valence-electron chi connectivity index (χ4n) is 3.32. The molecule has 0 bridgehead atoms. The Balaban J connectivity index is 2.01. The standard InChI is InChI=1S/C16H24BrNO4S/c1-2-22-16(21)11-5-3-10(4-6-11)13(7-12(20)9-19)15-18-8-14(17)23-15/h8,10-13,19-20H,2-7,9H2,1H3/t10-,11-,12?,13?. The molecule has 0 spiro atoms. The van der Waals surface area contributed by atoms with Crippen LogP contribution in [0.5, 0.6) is 0 Å². The largest absolute Gasteiger partial charge is 0.466 e. The van der Waals surface area contributed by atoms with Crippen LogP contribution >= 0.6 is 27.3 Å². The number of aromatic nitrogens is 1. The minimum atomic E-state index is -0.731. The van der Waals surface area contributed by atoms with Crippen LogP contribution in [-0.4, -0.2) is 40.5 Å². The Bertz CT molecular complexity index is 502. The van der Waals surface area contributed by atoms with E-state index in [1.807, 2.05) is 6.92 Å². The monoisotopic (exact) mass is 405 g/mol. The second-order valence-electron chi connectivity index (χ2n) is 6.04. The van der Waals surface area contributed by atoms with Crippen LogP contribution in [0.15, 0.2) is 9.98 Å². The van der Waals surface area contributed by atoms with Crippen LogP contribution in [0, 0.1) is 11.8 Å². The molecule has 1 aromatic rings. The number of carbonyl (C=O) groups is 1. The maximum absolute atomic E-state index is 11.9. The summed E-state index contributed by atoms with van der Waals surface area (Å²) < 4.78 is 6.09. The summed E-state index contributed by atoms with van der Waals surface area (Å²) in [6.07, 6.45) is 5.04. The average Bonchev–Trinajstić information content (AvgIpc) is 2.99. The highest BCUT2D eigenvalue weighted by Crippen LogP contribution is 2.42. The van der Waals surface area contributed by atoms with Gasteiger partial charge in [-0.15, -0.1) is 11.3 Å². The van der Waals surface area contributed by atoms with Gasteiger partial charge in [0.25, 0.3) is 0 Å². The topological polar surface area (TPSA) is 79.7 Å². The first-order valence-electron chi connectivity index (χ1n) is 8.11. The third-order valence-corrected chi connectivity index (χ3v) is 6.12. The molecule has 2 unspecified atom stereocenters. The summed E-state index contributed by atoms with van der Waals surface area (Å²) in [5.74, 6) is 0.407. The Morgan fingerprint density at radius 2 is 2.17 bits per heavy atom. The van der Waals surface area contributed by atoms with E-state index >= 15 is 0 Å². The van der Waals surface area contributed by atoms with E-state index in [1.165, 1.54) is 0 Å². The van der Waals surface area contributed by atoms with Crippen molar-refractivity contribution in [3.63, 3.8) is 0 Å². The van der Waals surface area contributed by atoms with Crippen molar-refractivity contribution in [2.24, 2.45) is 11.8 Å². The summed E-state index contributed by atoms with van der Waals surface area (Å²) in [4.78, 5) is 16.3. The number of esters is 1. The normalized spacial score (nSPS) is 24.2. The first-order valence-corrected chi connectivity index (χ1v) is 9.72. The Labute approximate surface area is 149 Å². The average molecular weight is 406 g/mol. The highest BCUT2D eigenvalue weighted by atomic mass is 79.9. The van der Waals surface area contributed by atoms with Gasteiger partial charge in [-0.05, 0) is 60.9 Å². The van der Waals surface area contributed by atoms with E-state index in [1.54, 1.807) is 17.5 Å². The molecule has 5 nitrogen and oxygen atoms in total. The Morgan fingerprint density at radius 3 is 2.70 bits per heavy atom. The summed E-state index contributed by atoms with van der Waals surface area (Å²) >= 11 is 5.01. The molecule has 1 aliphatic carbocycles. The molecule has 1 saturated carbocycles. The molecular weight excluding hydrogens is 382 g/mol. The van der Waals surface area contributed by atoms with Gasteiger partial charge in [0.1, 0.15) is 0 Å². The number of ether oxygens (including phenoxy) is 1. The third-order valence-electron chi connectivity index (χ3n) is 4.51. The lowest BCUT2D eigenvalue weighted by Gasteiger charge is -2.33. The number of hydrogen-bond donors (Lipinski definition) is 2. The molecule has 0 radical (unpaired) electrons. The first kappa shape index (κ1) is 18.8. The Kier molecular flexibility index (Phi) is 7.46. The van der Waals surface area contributed by atoms with Crippen molar-refractivity contribution in [1.82, 2.24) is 4.98 Å². The predicted molar refractivity (Wildman–Crippen MR) is 92.3 cm³/mol.